The van der Waals surface area contributed by atoms with Gasteiger partial charge in [-0.1, -0.05) is 29.8 Å². The van der Waals surface area contributed by atoms with Crippen LogP contribution in [0, 0.1) is 0 Å². The predicted octanol–water partition coefficient (Wildman–Crippen LogP) is 2.36. The van der Waals surface area contributed by atoms with Crippen molar-refractivity contribution in [3.63, 3.8) is 0 Å². The van der Waals surface area contributed by atoms with Crippen molar-refractivity contribution in [2.24, 2.45) is 0 Å². The number of halogens is 1. The highest BCUT2D eigenvalue weighted by Gasteiger charge is 2.11. The molecule has 0 radical (unpaired) electrons. The molecule has 0 fully saturated rings. The molecule has 0 aromatic carbocycles. The van der Waals surface area contributed by atoms with E-state index in [-0.39, 0.29) is 0 Å². The van der Waals surface area contributed by atoms with Gasteiger partial charge >= 0.3 is 0 Å². The van der Waals surface area contributed by atoms with Gasteiger partial charge in [0.25, 0.3) is 0 Å². The minimum atomic E-state index is 0.420. The Balaban J connectivity index is 2.77. The van der Waals surface area contributed by atoms with E-state index in [0.29, 0.717) is 10.7 Å². The molecule has 60 valence electrons. The fourth-order valence-electron chi connectivity index (χ4n) is 0.792. The Morgan fingerprint density at radius 1 is 1.45 bits per heavy atom. The molecule has 0 aliphatic rings. The van der Waals surface area contributed by atoms with Crippen molar-refractivity contribution in [3.8, 4) is 0 Å². The molecule has 2 unspecified atom stereocenters. The average molecular weight is 215 g/mol. The molecule has 0 aliphatic carbocycles. The van der Waals surface area contributed by atoms with Gasteiger partial charge in [-0.15, -0.1) is 0 Å². The van der Waals surface area contributed by atoms with E-state index in [0.717, 1.165) is 5.69 Å². The molecule has 1 aromatic heterocycles. The minimum Gasteiger partial charge on any atom is -0.159 e. The Morgan fingerprint density at radius 3 is 2.64 bits per heavy atom. The van der Waals surface area contributed by atoms with Crippen LogP contribution in [0.15, 0.2) is 18.3 Å². The van der Waals surface area contributed by atoms with Crippen LogP contribution in [-0.2, 0) is 0 Å². The third kappa shape index (κ3) is 2.26. The summed E-state index contributed by atoms with van der Waals surface area (Å²) in [5.74, 6) is 0.420. The molecule has 1 aromatic rings. The second-order valence-electron chi connectivity index (χ2n) is 2.61. The van der Waals surface area contributed by atoms with Crippen LogP contribution in [0.25, 0.3) is 0 Å². The van der Waals surface area contributed by atoms with Crippen molar-refractivity contribution < 1.29 is 0 Å². The molecule has 0 saturated carbocycles. The second-order valence-corrected chi connectivity index (χ2v) is 4.06. The summed E-state index contributed by atoms with van der Waals surface area (Å²) in [5.41, 5.74) is 1.04. The SMILES string of the molecule is CC(Br)C(C)c1cccnn1. The normalized spacial score (nSPS) is 15.9. The molecule has 1 rings (SSSR count). The lowest BCUT2D eigenvalue weighted by Gasteiger charge is -2.11. The molecule has 0 aliphatic heterocycles. The first-order valence-corrected chi connectivity index (χ1v) is 4.55. The molecular weight excluding hydrogens is 204 g/mol. The number of hydrogen-bond acceptors (Lipinski definition) is 2. The first-order valence-electron chi connectivity index (χ1n) is 3.63. The minimum absolute atomic E-state index is 0.420. The van der Waals surface area contributed by atoms with Crippen LogP contribution in [0.4, 0.5) is 0 Å². The first-order chi connectivity index (χ1) is 5.22. The average Bonchev–Trinajstić information content (AvgIpc) is 2.05. The van der Waals surface area contributed by atoms with Crippen LogP contribution >= 0.6 is 15.9 Å². The van der Waals surface area contributed by atoms with E-state index in [9.17, 15) is 0 Å². The van der Waals surface area contributed by atoms with Crippen molar-refractivity contribution in [1.82, 2.24) is 10.2 Å². The quantitative estimate of drug-likeness (QED) is 0.707. The van der Waals surface area contributed by atoms with Crippen molar-refractivity contribution in [1.29, 1.82) is 0 Å². The summed E-state index contributed by atoms with van der Waals surface area (Å²) >= 11 is 3.51. The fraction of sp³-hybridized carbons (Fsp3) is 0.500. The molecule has 0 bridgehead atoms. The van der Waals surface area contributed by atoms with Gasteiger partial charge < -0.3 is 0 Å². The molecule has 2 atom stereocenters. The number of rotatable bonds is 2. The zero-order valence-corrected chi connectivity index (χ0v) is 8.25. The molecule has 1 heterocycles. The van der Waals surface area contributed by atoms with Gasteiger partial charge in [-0.25, -0.2) is 0 Å². The fourth-order valence-corrected chi connectivity index (χ4v) is 1.06. The van der Waals surface area contributed by atoms with Gasteiger partial charge in [0.05, 0.1) is 5.69 Å². The highest BCUT2D eigenvalue weighted by Crippen LogP contribution is 2.21. The second kappa shape index (κ2) is 3.81. The highest BCUT2D eigenvalue weighted by atomic mass is 79.9. The summed E-state index contributed by atoms with van der Waals surface area (Å²) in [5, 5.41) is 7.84. The van der Waals surface area contributed by atoms with Crippen molar-refractivity contribution in [3.05, 3.63) is 24.0 Å². The van der Waals surface area contributed by atoms with E-state index in [2.05, 4.69) is 40.0 Å². The third-order valence-electron chi connectivity index (χ3n) is 1.75. The Bertz CT molecular complexity index is 211. The topological polar surface area (TPSA) is 25.8 Å². The Hall–Kier alpha value is -0.440. The van der Waals surface area contributed by atoms with E-state index < -0.39 is 0 Å². The standard InChI is InChI=1S/C8H11BrN2/c1-6(7(2)9)8-4-3-5-10-11-8/h3-7H,1-2H3. The molecule has 11 heavy (non-hydrogen) atoms. The molecule has 0 amide bonds. The van der Waals surface area contributed by atoms with E-state index in [4.69, 9.17) is 0 Å². The van der Waals surface area contributed by atoms with Crippen LogP contribution in [0.3, 0.4) is 0 Å². The smallest absolute Gasteiger partial charge is 0.0670 e. The summed E-state index contributed by atoms with van der Waals surface area (Å²) in [6.07, 6.45) is 1.69. The largest absolute Gasteiger partial charge is 0.159 e. The van der Waals surface area contributed by atoms with Crippen molar-refractivity contribution >= 4 is 15.9 Å². The Morgan fingerprint density at radius 2 is 2.18 bits per heavy atom. The maximum atomic E-state index is 4.02. The molecule has 2 nitrogen and oxygen atoms in total. The number of alkyl halides is 1. The van der Waals surface area contributed by atoms with E-state index in [1.54, 1.807) is 6.20 Å². The van der Waals surface area contributed by atoms with E-state index >= 15 is 0 Å². The molecule has 0 spiro atoms. The number of nitrogens with zero attached hydrogens (tertiary/aromatic N) is 2. The van der Waals surface area contributed by atoms with Gasteiger partial charge in [0, 0.05) is 16.9 Å². The van der Waals surface area contributed by atoms with Gasteiger partial charge in [0.15, 0.2) is 0 Å². The number of hydrogen-bond donors (Lipinski definition) is 0. The monoisotopic (exact) mass is 214 g/mol. The zero-order valence-electron chi connectivity index (χ0n) is 6.66. The third-order valence-corrected chi connectivity index (χ3v) is 2.54. The maximum Gasteiger partial charge on any atom is 0.0670 e. The van der Waals surface area contributed by atoms with Gasteiger partial charge in [-0.3, -0.25) is 0 Å². The number of aromatic nitrogens is 2. The zero-order chi connectivity index (χ0) is 8.27. The summed E-state index contributed by atoms with van der Waals surface area (Å²) in [6, 6.07) is 3.91. The summed E-state index contributed by atoms with van der Waals surface area (Å²) in [4.78, 5) is 0.444. The Labute approximate surface area is 75.2 Å². The first kappa shape index (κ1) is 8.65. The van der Waals surface area contributed by atoms with E-state index in [1.807, 2.05) is 12.1 Å². The van der Waals surface area contributed by atoms with Crippen LogP contribution in [-0.4, -0.2) is 15.0 Å². The van der Waals surface area contributed by atoms with Gasteiger partial charge in [-0.2, -0.15) is 10.2 Å². The predicted molar refractivity (Wildman–Crippen MR) is 48.8 cm³/mol. The molecule has 0 saturated heterocycles. The summed E-state index contributed by atoms with van der Waals surface area (Å²) in [7, 11) is 0. The maximum absolute atomic E-state index is 4.02. The van der Waals surface area contributed by atoms with Crippen molar-refractivity contribution in [2.45, 2.75) is 24.6 Å². The lowest BCUT2D eigenvalue weighted by molar-refractivity contribution is 0.713. The van der Waals surface area contributed by atoms with Crippen LogP contribution in [0.2, 0.25) is 0 Å². The highest BCUT2D eigenvalue weighted by molar-refractivity contribution is 9.09. The van der Waals surface area contributed by atoms with Crippen LogP contribution < -0.4 is 0 Å². The van der Waals surface area contributed by atoms with Gasteiger partial charge in [-0.05, 0) is 12.1 Å². The molecular formula is C8H11BrN2. The van der Waals surface area contributed by atoms with Crippen molar-refractivity contribution in [2.75, 3.05) is 0 Å². The van der Waals surface area contributed by atoms with Crippen LogP contribution in [0.1, 0.15) is 25.5 Å². The lowest BCUT2D eigenvalue weighted by atomic mass is 10.1. The summed E-state index contributed by atoms with van der Waals surface area (Å²) < 4.78 is 0. The molecule has 3 heteroatoms. The Kier molecular flexibility index (Phi) is 3.00. The molecule has 0 N–H and O–H groups in total. The van der Waals surface area contributed by atoms with Gasteiger partial charge in [0.2, 0.25) is 0 Å². The van der Waals surface area contributed by atoms with E-state index in [1.165, 1.54) is 0 Å². The van der Waals surface area contributed by atoms with Crippen LogP contribution in [0.5, 0.6) is 0 Å². The summed E-state index contributed by atoms with van der Waals surface area (Å²) in [6.45, 7) is 4.24. The van der Waals surface area contributed by atoms with Gasteiger partial charge in [0.1, 0.15) is 0 Å². The lowest BCUT2D eigenvalue weighted by Crippen LogP contribution is -2.06.